The maximum absolute atomic E-state index is 13.1. The van der Waals surface area contributed by atoms with E-state index in [-0.39, 0.29) is 18.0 Å². The number of amides is 3. The van der Waals surface area contributed by atoms with Crippen molar-refractivity contribution in [3.05, 3.63) is 12.7 Å². The van der Waals surface area contributed by atoms with Crippen LogP contribution >= 0.6 is 0 Å². The SMILES string of the molecule is C=CCNC(=O)N1CCN([C@H](C(=O)NCCCN2CCOCC2)C2CCCC2)CC1. The highest BCUT2D eigenvalue weighted by atomic mass is 16.5. The van der Waals surface area contributed by atoms with E-state index in [0.717, 1.165) is 71.7 Å². The Bertz CT molecular complexity index is 553. The molecule has 0 aromatic carbocycles. The third-order valence-electron chi connectivity index (χ3n) is 6.56. The topological polar surface area (TPSA) is 77.2 Å². The number of nitrogens with one attached hydrogen (secondary N) is 2. The van der Waals surface area contributed by atoms with Gasteiger partial charge in [0.25, 0.3) is 0 Å². The molecule has 2 N–H and O–H groups in total. The summed E-state index contributed by atoms with van der Waals surface area (Å²) < 4.78 is 5.39. The van der Waals surface area contributed by atoms with Crippen molar-refractivity contribution in [1.82, 2.24) is 25.3 Å². The van der Waals surface area contributed by atoms with Crippen LogP contribution in [0.5, 0.6) is 0 Å². The minimum Gasteiger partial charge on any atom is -0.379 e. The first-order chi connectivity index (χ1) is 14.7. The molecule has 0 bridgehead atoms. The lowest BCUT2D eigenvalue weighted by atomic mass is 9.95. The highest BCUT2D eigenvalue weighted by Gasteiger charge is 2.37. The van der Waals surface area contributed by atoms with Gasteiger partial charge in [0.1, 0.15) is 0 Å². The number of morpholine rings is 1. The van der Waals surface area contributed by atoms with Crippen molar-refractivity contribution in [3.8, 4) is 0 Å². The number of nitrogens with zero attached hydrogens (tertiary/aromatic N) is 3. The first-order valence-electron chi connectivity index (χ1n) is 11.6. The Labute approximate surface area is 181 Å². The Morgan fingerprint density at radius 2 is 1.73 bits per heavy atom. The lowest BCUT2D eigenvalue weighted by Gasteiger charge is -2.40. The highest BCUT2D eigenvalue weighted by molar-refractivity contribution is 5.82. The number of urea groups is 1. The minimum absolute atomic E-state index is 0.0421. The Morgan fingerprint density at radius 1 is 1.03 bits per heavy atom. The molecule has 30 heavy (non-hydrogen) atoms. The molecular weight excluding hydrogens is 382 g/mol. The second-order valence-electron chi connectivity index (χ2n) is 8.59. The van der Waals surface area contributed by atoms with Crippen LogP contribution < -0.4 is 10.6 Å². The van der Waals surface area contributed by atoms with E-state index in [1.165, 1.54) is 12.8 Å². The van der Waals surface area contributed by atoms with Crippen LogP contribution in [0.25, 0.3) is 0 Å². The molecule has 2 heterocycles. The predicted octanol–water partition coefficient (Wildman–Crippen LogP) is 0.897. The fraction of sp³-hybridized carbons (Fsp3) is 0.818. The van der Waals surface area contributed by atoms with Gasteiger partial charge in [-0.05, 0) is 31.7 Å². The molecule has 3 amide bonds. The Kier molecular flexibility index (Phi) is 9.42. The lowest BCUT2D eigenvalue weighted by Crippen LogP contribution is -2.59. The lowest BCUT2D eigenvalue weighted by molar-refractivity contribution is -0.129. The molecule has 170 valence electrons. The predicted molar refractivity (Wildman–Crippen MR) is 117 cm³/mol. The smallest absolute Gasteiger partial charge is 0.317 e. The molecule has 1 aliphatic carbocycles. The van der Waals surface area contributed by atoms with Crippen LogP contribution in [0.15, 0.2) is 12.7 Å². The van der Waals surface area contributed by atoms with Crippen molar-refractivity contribution in [1.29, 1.82) is 0 Å². The number of ether oxygens (including phenoxy) is 1. The van der Waals surface area contributed by atoms with Crippen molar-refractivity contribution in [2.45, 2.75) is 38.1 Å². The monoisotopic (exact) mass is 421 g/mol. The Balaban J connectivity index is 1.46. The van der Waals surface area contributed by atoms with E-state index in [1.54, 1.807) is 6.08 Å². The van der Waals surface area contributed by atoms with Crippen LogP contribution in [0.4, 0.5) is 4.79 Å². The van der Waals surface area contributed by atoms with Gasteiger partial charge in [-0.3, -0.25) is 14.6 Å². The van der Waals surface area contributed by atoms with Crippen molar-refractivity contribution in [2.75, 3.05) is 72.1 Å². The molecule has 8 nitrogen and oxygen atoms in total. The van der Waals surface area contributed by atoms with E-state index in [9.17, 15) is 9.59 Å². The van der Waals surface area contributed by atoms with Gasteiger partial charge in [-0.2, -0.15) is 0 Å². The third kappa shape index (κ3) is 6.68. The zero-order chi connectivity index (χ0) is 21.2. The summed E-state index contributed by atoms with van der Waals surface area (Å²) in [6, 6.07) is -0.103. The summed E-state index contributed by atoms with van der Waals surface area (Å²) in [5.41, 5.74) is 0. The van der Waals surface area contributed by atoms with Crippen LogP contribution in [0.2, 0.25) is 0 Å². The molecule has 3 aliphatic rings. The minimum atomic E-state index is -0.0609. The summed E-state index contributed by atoms with van der Waals surface area (Å²) in [7, 11) is 0. The summed E-state index contributed by atoms with van der Waals surface area (Å²) in [6.07, 6.45) is 7.36. The van der Waals surface area contributed by atoms with Gasteiger partial charge in [0.05, 0.1) is 19.3 Å². The molecule has 3 rings (SSSR count). The average molecular weight is 422 g/mol. The maximum atomic E-state index is 13.1. The van der Waals surface area contributed by atoms with Gasteiger partial charge in [0.2, 0.25) is 5.91 Å². The summed E-state index contributed by atoms with van der Waals surface area (Å²) in [5, 5.41) is 6.06. The quantitative estimate of drug-likeness (QED) is 0.427. The summed E-state index contributed by atoms with van der Waals surface area (Å²) >= 11 is 0. The first-order valence-corrected chi connectivity index (χ1v) is 11.6. The largest absolute Gasteiger partial charge is 0.379 e. The van der Waals surface area contributed by atoms with Gasteiger partial charge >= 0.3 is 6.03 Å². The van der Waals surface area contributed by atoms with Crippen molar-refractivity contribution < 1.29 is 14.3 Å². The first kappa shape index (κ1) is 23.0. The number of hydrogen-bond acceptors (Lipinski definition) is 5. The van der Waals surface area contributed by atoms with Crippen molar-refractivity contribution in [2.24, 2.45) is 5.92 Å². The van der Waals surface area contributed by atoms with E-state index in [4.69, 9.17) is 4.74 Å². The molecule has 0 spiro atoms. The molecular formula is C22H39N5O3. The van der Waals surface area contributed by atoms with E-state index < -0.39 is 0 Å². The number of rotatable bonds is 9. The molecule has 0 aromatic rings. The zero-order valence-corrected chi connectivity index (χ0v) is 18.3. The van der Waals surface area contributed by atoms with Gasteiger partial charge in [-0.1, -0.05) is 18.9 Å². The van der Waals surface area contributed by atoms with Crippen molar-refractivity contribution in [3.63, 3.8) is 0 Å². The van der Waals surface area contributed by atoms with Crippen LogP contribution in [-0.4, -0.2) is 105 Å². The molecule has 1 saturated carbocycles. The fourth-order valence-electron chi connectivity index (χ4n) is 4.87. The molecule has 3 fully saturated rings. The zero-order valence-electron chi connectivity index (χ0n) is 18.3. The Hall–Kier alpha value is -1.64. The number of carbonyl (C=O) groups excluding carboxylic acids is 2. The molecule has 2 saturated heterocycles. The molecule has 0 radical (unpaired) electrons. The van der Waals surface area contributed by atoms with Gasteiger partial charge in [0, 0.05) is 52.4 Å². The van der Waals surface area contributed by atoms with E-state index in [0.29, 0.717) is 25.6 Å². The van der Waals surface area contributed by atoms with E-state index >= 15 is 0 Å². The summed E-state index contributed by atoms with van der Waals surface area (Å²) in [4.78, 5) is 31.9. The molecule has 8 heteroatoms. The van der Waals surface area contributed by atoms with Gasteiger partial charge in [0.15, 0.2) is 0 Å². The van der Waals surface area contributed by atoms with Crippen LogP contribution in [0.3, 0.4) is 0 Å². The van der Waals surface area contributed by atoms with E-state index in [1.807, 2.05) is 4.90 Å². The van der Waals surface area contributed by atoms with Crippen LogP contribution in [-0.2, 0) is 9.53 Å². The number of carbonyl (C=O) groups is 2. The summed E-state index contributed by atoms with van der Waals surface area (Å²) in [5.74, 6) is 0.610. The molecule has 1 atom stereocenters. The van der Waals surface area contributed by atoms with Crippen molar-refractivity contribution >= 4 is 11.9 Å². The van der Waals surface area contributed by atoms with Crippen LogP contribution in [0.1, 0.15) is 32.1 Å². The number of hydrogen-bond donors (Lipinski definition) is 2. The van der Waals surface area contributed by atoms with E-state index in [2.05, 4.69) is 27.0 Å². The van der Waals surface area contributed by atoms with Gasteiger partial charge in [-0.15, -0.1) is 6.58 Å². The van der Waals surface area contributed by atoms with Gasteiger partial charge in [-0.25, -0.2) is 4.79 Å². The second kappa shape index (κ2) is 12.3. The van der Waals surface area contributed by atoms with Crippen LogP contribution in [0, 0.1) is 5.92 Å². The summed E-state index contributed by atoms with van der Waals surface area (Å²) in [6.45, 7) is 12.3. The number of piperazine rings is 1. The molecule has 2 aliphatic heterocycles. The normalized spacial score (nSPS) is 22.6. The fourth-order valence-corrected chi connectivity index (χ4v) is 4.87. The molecule has 0 aromatic heterocycles. The molecule has 0 unspecified atom stereocenters. The van der Waals surface area contributed by atoms with Gasteiger partial charge < -0.3 is 20.3 Å². The maximum Gasteiger partial charge on any atom is 0.317 e. The average Bonchev–Trinajstić information content (AvgIpc) is 3.31. The standard InChI is InChI=1S/C22H39N5O3/c1-2-8-24-22(29)27-13-11-26(12-14-27)20(19-6-3-4-7-19)21(28)23-9-5-10-25-15-17-30-18-16-25/h2,19-20H,1,3-18H2,(H,23,28)(H,24,29)/t20-/m0/s1. The highest BCUT2D eigenvalue weighted by Crippen LogP contribution is 2.31. The Morgan fingerprint density at radius 3 is 2.40 bits per heavy atom. The third-order valence-corrected chi connectivity index (χ3v) is 6.56. The second-order valence-corrected chi connectivity index (χ2v) is 8.59.